The predicted molar refractivity (Wildman–Crippen MR) is 90.8 cm³/mol. The molecule has 0 atom stereocenters. The van der Waals surface area contributed by atoms with E-state index in [1.54, 1.807) is 31.4 Å². The Morgan fingerprint density at radius 3 is 2.62 bits per heavy atom. The fourth-order valence-corrected chi connectivity index (χ4v) is 2.38. The number of fused-ring (bicyclic) bond motifs is 1. The van der Waals surface area contributed by atoms with Gasteiger partial charge in [0, 0.05) is 31.0 Å². The number of hydrogen-bond donors (Lipinski definition) is 2. The first-order chi connectivity index (χ1) is 11.5. The first-order valence-corrected chi connectivity index (χ1v) is 7.75. The molecule has 0 saturated carbocycles. The SMILES string of the molecule is COCCCNC(=O)COc1cc(C(=O)Cl)c(O)c2ccccc12. The van der Waals surface area contributed by atoms with Gasteiger partial charge in [-0.15, -0.1) is 0 Å². The van der Waals surface area contributed by atoms with E-state index >= 15 is 0 Å². The Balaban J connectivity index is 2.15. The summed E-state index contributed by atoms with van der Waals surface area (Å²) in [6.45, 7) is 0.834. The molecule has 0 aliphatic rings. The molecule has 0 spiro atoms. The number of ether oxygens (including phenoxy) is 2. The highest BCUT2D eigenvalue weighted by Gasteiger charge is 2.17. The van der Waals surface area contributed by atoms with Crippen molar-refractivity contribution in [2.75, 3.05) is 26.9 Å². The van der Waals surface area contributed by atoms with Gasteiger partial charge in [0.1, 0.15) is 11.5 Å². The number of aromatic hydroxyl groups is 1. The van der Waals surface area contributed by atoms with Crippen molar-refractivity contribution in [3.8, 4) is 11.5 Å². The Kier molecular flexibility index (Phi) is 6.40. The maximum Gasteiger partial charge on any atom is 0.257 e. The number of nitrogens with one attached hydrogen (secondary N) is 1. The van der Waals surface area contributed by atoms with Gasteiger partial charge in [-0.05, 0) is 24.1 Å². The lowest BCUT2D eigenvalue weighted by molar-refractivity contribution is -0.123. The van der Waals surface area contributed by atoms with Crippen LogP contribution in [0.5, 0.6) is 11.5 Å². The van der Waals surface area contributed by atoms with Crippen molar-refractivity contribution in [2.24, 2.45) is 0 Å². The van der Waals surface area contributed by atoms with E-state index in [4.69, 9.17) is 21.1 Å². The highest BCUT2D eigenvalue weighted by Crippen LogP contribution is 2.36. The number of halogens is 1. The average molecular weight is 352 g/mol. The number of phenols is 1. The third-order valence-corrected chi connectivity index (χ3v) is 3.60. The molecule has 2 N–H and O–H groups in total. The van der Waals surface area contributed by atoms with Gasteiger partial charge in [0.25, 0.3) is 11.1 Å². The van der Waals surface area contributed by atoms with Crippen LogP contribution in [0, 0.1) is 0 Å². The second kappa shape index (κ2) is 8.52. The number of carbonyl (C=O) groups is 2. The van der Waals surface area contributed by atoms with E-state index in [0.29, 0.717) is 36.1 Å². The Hall–Kier alpha value is -2.31. The van der Waals surface area contributed by atoms with Crippen molar-refractivity contribution in [1.82, 2.24) is 5.32 Å². The smallest absolute Gasteiger partial charge is 0.257 e. The van der Waals surface area contributed by atoms with Gasteiger partial charge in [0.15, 0.2) is 6.61 Å². The molecule has 0 saturated heterocycles. The lowest BCUT2D eigenvalue weighted by Crippen LogP contribution is -2.30. The molecule has 0 fully saturated rings. The summed E-state index contributed by atoms with van der Waals surface area (Å²) in [6.07, 6.45) is 0.704. The van der Waals surface area contributed by atoms with Crippen molar-refractivity contribution in [1.29, 1.82) is 0 Å². The zero-order valence-corrected chi connectivity index (χ0v) is 13.9. The van der Waals surface area contributed by atoms with Gasteiger partial charge in [-0.25, -0.2) is 0 Å². The van der Waals surface area contributed by atoms with Crippen LogP contribution in [0.15, 0.2) is 30.3 Å². The summed E-state index contributed by atoms with van der Waals surface area (Å²) in [4.78, 5) is 23.2. The molecule has 0 aliphatic heterocycles. The molecular weight excluding hydrogens is 334 g/mol. The maximum atomic E-state index is 11.8. The van der Waals surface area contributed by atoms with Gasteiger partial charge in [-0.2, -0.15) is 0 Å². The van der Waals surface area contributed by atoms with Crippen LogP contribution in [0.2, 0.25) is 0 Å². The Morgan fingerprint density at radius 1 is 1.25 bits per heavy atom. The van der Waals surface area contributed by atoms with E-state index in [0.717, 1.165) is 0 Å². The van der Waals surface area contributed by atoms with Gasteiger partial charge < -0.3 is 19.9 Å². The van der Waals surface area contributed by atoms with Crippen molar-refractivity contribution in [3.05, 3.63) is 35.9 Å². The highest BCUT2D eigenvalue weighted by molar-refractivity contribution is 6.68. The van der Waals surface area contributed by atoms with Gasteiger partial charge in [0.2, 0.25) is 0 Å². The molecular formula is C17H18ClNO5. The quantitative estimate of drug-likeness (QED) is 0.563. The minimum Gasteiger partial charge on any atom is -0.506 e. The van der Waals surface area contributed by atoms with E-state index in [1.807, 2.05) is 0 Å². The molecule has 0 aromatic heterocycles. The minimum absolute atomic E-state index is 0.0640. The first kappa shape index (κ1) is 18.0. The number of rotatable bonds is 8. The molecule has 0 heterocycles. The van der Waals surface area contributed by atoms with Crippen LogP contribution in [0.4, 0.5) is 0 Å². The number of benzene rings is 2. The third-order valence-electron chi connectivity index (χ3n) is 3.40. The van der Waals surface area contributed by atoms with Crippen LogP contribution < -0.4 is 10.1 Å². The highest BCUT2D eigenvalue weighted by atomic mass is 35.5. The molecule has 2 aromatic rings. The van der Waals surface area contributed by atoms with E-state index in [-0.39, 0.29) is 23.8 Å². The molecule has 128 valence electrons. The molecule has 2 rings (SSSR count). The fourth-order valence-electron chi connectivity index (χ4n) is 2.23. The third kappa shape index (κ3) is 4.37. The van der Waals surface area contributed by atoms with Crippen LogP contribution in [0.3, 0.4) is 0 Å². The lowest BCUT2D eigenvalue weighted by Gasteiger charge is -2.12. The van der Waals surface area contributed by atoms with Crippen LogP contribution in [-0.2, 0) is 9.53 Å². The van der Waals surface area contributed by atoms with E-state index < -0.39 is 5.24 Å². The summed E-state index contributed by atoms with van der Waals surface area (Å²) in [5, 5.41) is 13.1. The lowest BCUT2D eigenvalue weighted by atomic mass is 10.0. The van der Waals surface area contributed by atoms with Crippen molar-refractivity contribution >= 4 is 33.5 Å². The zero-order chi connectivity index (χ0) is 17.5. The summed E-state index contributed by atoms with van der Waals surface area (Å²) in [6, 6.07) is 8.19. The largest absolute Gasteiger partial charge is 0.506 e. The normalized spacial score (nSPS) is 10.6. The summed E-state index contributed by atoms with van der Waals surface area (Å²) in [7, 11) is 1.59. The van der Waals surface area contributed by atoms with Crippen LogP contribution >= 0.6 is 11.6 Å². The molecule has 7 heteroatoms. The summed E-state index contributed by atoms with van der Waals surface area (Å²) in [5.41, 5.74) is -0.0640. The number of carbonyl (C=O) groups excluding carboxylic acids is 2. The second-order valence-corrected chi connectivity index (χ2v) is 5.42. The van der Waals surface area contributed by atoms with Crippen molar-refractivity contribution in [2.45, 2.75) is 6.42 Å². The van der Waals surface area contributed by atoms with Crippen LogP contribution in [-0.4, -0.2) is 43.1 Å². The fraction of sp³-hybridized carbons (Fsp3) is 0.294. The van der Waals surface area contributed by atoms with Crippen LogP contribution in [0.25, 0.3) is 10.8 Å². The van der Waals surface area contributed by atoms with Gasteiger partial charge in [-0.1, -0.05) is 24.3 Å². The Morgan fingerprint density at radius 2 is 1.96 bits per heavy atom. The Bertz CT molecular complexity index is 747. The molecule has 0 unspecified atom stereocenters. The molecule has 0 aliphatic carbocycles. The Labute approximate surface area is 144 Å². The molecule has 0 bridgehead atoms. The van der Waals surface area contributed by atoms with Crippen molar-refractivity contribution in [3.63, 3.8) is 0 Å². The first-order valence-electron chi connectivity index (χ1n) is 7.37. The molecule has 6 nitrogen and oxygen atoms in total. The molecule has 24 heavy (non-hydrogen) atoms. The number of phenolic OH excluding ortho intramolecular Hbond substituents is 1. The summed E-state index contributed by atoms with van der Waals surface area (Å²) in [5.74, 6) is -0.191. The second-order valence-electron chi connectivity index (χ2n) is 5.08. The summed E-state index contributed by atoms with van der Waals surface area (Å²) < 4.78 is 10.4. The molecule has 1 amide bonds. The number of hydrogen-bond acceptors (Lipinski definition) is 5. The zero-order valence-electron chi connectivity index (χ0n) is 13.2. The predicted octanol–water partition coefficient (Wildman–Crippen LogP) is 2.46. The van der Waals surface area contributed by atoms with E-state index in [9.17, 15) is 14.7 Å². The van der Waals surface area contributed by atoms with Crippen molar-refractivity contribution < 1.29 is 24.2 Å². The average Bonchev–Trinajstić information content (AvgIpc) is 2.58. The molecule has 2 aromatic carbocycles. The van der Waals surface area contributed by atoms with Crippen LogP contribution in [0.1, 0.15) is 16.8 Å². The molecule has 0 radical (unpaired) electrons. The van der Waals surface area contributed by atoms with E-state index in [2.05, 4.69) is 5.32 Å². The monoisotopic (exact) mass is 351 g/mol. The van der Waals surface area contributed by atoms with E-state index in [1.165, 1.54) is 6.07 Å². The number of amides is 1. The van der Waals surface area contributed by atoms with Gasteiger partial charge in [-0.3, -0.25) is 9.59 Å². The summed E-state index contributed by atoms with van der Waals surface area (Å²) >= 11 is 5.50. The topological polar surface area (TPSA) is 84.9 Å². The van der Waals surface area contributed by atoms with Gasteiger partial charge in [0.05, 0.1) is 5.56 Å². The minimum atomic E-state index is -0.799. The number of methoxy groups -OCH3 is 1. The standard InChI is InChI=1S/C17H18ClNO5/c1-23-8-4-7-19-15(20)10-24-14-9-13(17(18)22)16(21)12-6-3-2-5-11(12)14/h2-3,5-6,9,21H,4,7-8,10H2,1H3,(H,19,20). The van der Waals surface area contributed by atoms with Gasteiger partial charge >= 0.3 is 0 Å². The maximum absolute atomic E-state index is 11.8.